The SMILES string of the molecule is COc1ccc(C(=O)[C@@H]2[C@@H](C(C)=O)N3c4ccc5ccccc5c4C=C[C@@H]3[C@@]23C(=O)Nc2ccccc23)cc1. The molecule has 3 heterocycles. The minimum atomic E-state index is -1.29. The number of amides is 1. The van der Waals surface area contributed by atoms with Crippen LogP contribution in [0.1, 0.15) is 28.4 Å². The van der Waals surface area contributed by atoms with Crippen molar-refractivity contribution in [3.05, 3.63) is 108 Å². The first-order chi connectivity index (χ1) is 19.0. The highest BCUT2D eigenvalue weighted by molar-refractivity contribution is 6.17. The molecule has 1 fully saturated rings. The summed E-state index contributed by atoms with van der Waals surface area (Å²) in [4.78, 5) is 44.4. The molecule has 1 spiro atoms. The number of carbonyl (C=O) groups is 3. The number of ketones is 2. The summed E-state index contributed by atoms with van der Waals surface area (Å²) in [5.41, 5.74) is 2.40. The number of hydrogen-bond donors (Lipinski definition) is 1. The number of anilines is 2. The molecule has 6 nitrogen and oxygen atoms in total. The summed E-state index contributed by atoms with van der Waals surface area (Å²) < 4.78 is 5.30. The van der Waals surface area contributed by atoms with Gasteiger partial charge in [0.2, 0.25) is 5.91 Å². The molecule has 0 aromatic heterocycles. The van der Waals surface area contributed by atoms with Crippen LogP contribution in [0.4, 0.5) is 11.4 Å². The largest absolute Gasteiger partial charge is 0.497 e. The van der Waals surface area contributed by atoms with Gasteiger partial charge in [0.15, 0.2) is 11.6 Å². The number of methoxy groups -OCH3 is 1. The molecule has 1 saturated heterocycles. The third kappa shape index (κ3) is 3.05. The third-order valence-corrected chi connectivity index (χ3v) is 8.61. The highest BCUT2D eigenvalue weighted by atomic mass is 16.5. The van der Waals surface area contributed by atoms with Gasteiger partial charge in [-0.15, -0.1) is 0 Å². The number of para-hydroxylation sites is 1. The number of nitrogens with zero attached hydrogens (tertiary/aromatic N) is 1. The molecular formula is C33H26N2O4. The van der Waals surface area contributed by atoms with Crippen LogP contribution in [-0.2, 0) is 15.0 Å². The first-order valence-corrected chi connectivity index (χ1v) is 13.0. The van der Waals surface area contributed by atoms with E-state index in [9.17, 15) is 14.4 Å². The van der Waals surface area contributed by atoms with Crippen LogP contribution in [-0.4, -0.2) is 36.7 Å². The van der Waals surface area contributed by atoms with E-state index in [0.29, 0.717) is 17.0 Å². The Balaban J connectivity index is 1.51. The highest BCUT2D eigenvalue weighted by Gasteiger charge is 2.69. The second-order valence-corrected chi connectivity index (χ2v) is 10.4. The third-order valence-electron chi connectivity index (χ3n) is 8.61. The molecule has 7 rings (SSSR count). The Labute approximate surface area is 225 Å². The van der Waals surface area contributed by atoms with E-state index in [4.69, 9.17) is 4.74 Å². The molecule has 4 aromatic rings. The molecule has 1 N–H and O–H groups in total. The molecule has 39 heavy (non-hydrogen) atoms. The molecule has 192 valence electrons. The second-order valence-electron chi connectivity index (χ2n) is 10.4. The predicted octanol–water partition coefficient (Wildman–Crippen LogP) is 5.41. The molecule has 4 atom stereocenters. The van der Waals surface area contributed by atoms with Crippen molar-refractivity contribution in [1.29, 1.82) is 0 Å². The summed E-state index contributed by atoms with van der Waals surface area (Å²) >= 11 is 0. The van der Waals surface area contributed by atoms with E-state index in [0.717, 1.165) is 27.6 Å². The van der Waals surface area contributed by atoms with Gasteiger partial charge in [0.1, 0.15) is 11.2 Å². The van der Waals surface area contributed by atoms with Crippen LogP contribution in [0.15, 0.2) is 91.0 Å². The molecule has 3 aliphatic rings. The van der Waals surface area contributed by atoms with Gasteiger partial charge < -0.3 is 15.0 Å². The van der Waals surface area contributed by atoms with Gasteiger partial charge in [0.25, 0.3) is 0 Å². The number of nitrogens with one attached hydrogen (secondary N) is 1. The van der Waals surface area contributed by atoms with Crippen molar-refractivity contribution in [2.24, 2.45) is 5.92 Å². The number of fused-ring (bicyclic) bond motifs is 8. The quantitative estimate of drug-likeness (QED) is 0.369. The fourth-order valence-electron chi connectivity index (χ4n) is 7.02. The van der Waals surface area contributed by atoms with Crippen molar-refractivity contribution in [3.8, 4) is 5.75 Å². The van der Waals surface area contributed by atoms with Gasteiger partial charge in [-0.1, -0.05) is 60.7 Å². The summed E-state index contributed by atoms with van der Waals surface area (Å²) in [5, 5.41) is 5.19. The van der Waals surface area contributed by atoms with Gasteiger partial charge in [-0.25, -0.2) is 0 Å². The molecule has 1 amide bonds. The fraction of sp³-hybridized carbons (Fsp3) is 0.182. The number of Topliss-reactive ketones (excluding diaryl/α,β-unsaturated/α-hetero) is 2. The van der Waals surface area contributed by atoms with Gasteiger partial charge in [-0.05, 0) is 59.7 Å². The zero-order chi connectivity index (χ0) is 26.9. The normalized spacial score (nSPS) is 24.3. The molecule has 6 heteroatoms. The second kappa shape index (κ2) is 8.40. The highest BCUT2D eigenvalue weighted by Crippen LogP contribution is 2.58. The maximum Gasteiger partial charge on any atom is 0.238 e. The minimum Gasteiger partial charge on any atom is -0.497 e. The van der Waals surface area contributed by atoms with Crippen LogP contribution in [0.3, 0.4) is 0 Å². The molecule has 0 bridgehead atoms. The lowest BCUT2D eigenvalue weighted by Crippen LogP contribution is -2.51. The van der Waals surface area contributed by atoms with E-state index < -0.39 is 23.4 Å². The zero-order valence-corrected chi connectivity index (χ0v) is 21.5. The van der Waals surface area contributed by atoms with Crippen LogP contribution in [0.5, 0.6) is 5.75 Å². The van der Waals surface area contributed by atoms with Crippen molar-refractivity contribution >= 4 is 45.7 Å². The summed E-state index contributed by atoms with van der Waals surface area (Å²) in [6.45, 7) is 1.52. The summed E-state index contributed by atoms with van der Waals surface area (Å²) in [7, 11) is 1.57. The van der Waals surface area contributed by atoms with Crippen LogP contribution in [0.25, 0.3) is 16.8 Å². The van der Waals surface area contributed by atoms with Gasteiger partial charge in [-0.3, -0.25) is 14.4 Å². The average molecular weight is 515 g/mol. The summed E-state index contributed by atoms with van der Waals surface area (Å²) in [5.74, 6) is -0.978. The Morgan fingerprint density at radius 2 is 1.67 bits per heavy atom. The molecule has 4 aromatic carbocycles. The minimum absolute atomic E-state index is 0.157. The zero-order valence-electron chi connectivity index (χ0n) is 21.5. The van der Waals surface area contributed by atoms with E-state index in [-0.39, 0.29) is 17.5 Å². The fourth-order valence-corrected chi connectivity index (χ4v) is 7.02. The van der Waals surface area contributed by atoms with Crippen LogP contribution < -0.4 is 15.0 Å². The van der Waals surface area contributed by atoms with E-state index in [2.05, 4.69) is 17.4 Å². The standard InChI is InChI=1S/C33H26N2O4/c1-19(36)30-29(31(37)21-11-14-22(39-2)15-12-21)33(25-9-5-6-10-26(25)34-32(33)38)28-18-16-24-23-8-4-3-7-20(23)13-17-27(24)35(28)30/h3-18,28-30H,1-2H3,(H,34,38)/t28-,29+,30-,33-/m1/s1. The topological polar surface area (TPSA) is 75.7 Å². The van der Waals surface area contributed by atoms with Crippen molar-refractivity contribution in [3.63, 3.8) is 0 Å². The smallest absolute Gasteiger partial charge is 0.238 e. The first-order valence-electron chi connectivity index (χ1n) is 13.0. The van der Waals surface area contributed by atoms with E-state index in [1.165, 1.54) is 6.92 Å². The van der Waals surface area contributed by atoms with Crippen LogP contribution in [0.2, 0.25) is 0 Å². The Bertz CT molecular complexity index is 1720. The number of hydrogen-bond acceptors (Lipinski definition) is 5. The predicted molar refractivity (Wildman–Crippen MR) is 151 cm³/mol. The summed E-state index contributed by atoms with van der Waals surface area (Å²) in [6.07, 6.45) is 4.06. The molecule has 3 aliphatic heterocycles. The van der Waals surface area contributed by atoms with Crippen LogP contribution in [0, 0.1) is 5.92 Å². The maximum atomic E-state index is 14.5. The van der Waals surface area contributed by atoms with E-state index in [1.807, 2.05) is 65.6 Å². The molecule has 0 radical (unpaired) electrons. The van der Waals surface area contributed by atoms with E-state index in [1.54, 1.807) is 31.4 Å². The lowest BCUT2D eigenvalue weighted by Gasteiger charge is -2.38. The molecule has 0 unspecified atom stereocenters. The number of carbonyl (C=O) groups excluding carboxylic acids is 3. The van der Waals surface area contributed by atoms with E-state index >= 15 is 0 Å². The van der Waals surface area contributed by atoms with Gasteiger partial charge >= 0.3 is 0 Å². The monoisotopic (exact) mass is 514 g/mol. The Morgan fingerprint density at radius 3 is 2.44 bits per heavy atom. The first kappa shape index (κ1) is 23.4. The lowest BCUT2D eigenvalue weighted by molar-refractivity contribution is -0.122. The van der Waals surface area contributed by atoms with Gasteiger partial charge in [0.05, 0.1) is 25.1 Å². The number of rotatable bonds is 4. The lowest BCUT2D eigenvalue weighted by atomic mass is 9.64. The Hall–Kier alpha value is -4.71. The molecule has 0 saturated carbocycles. The van der Waals surface area contributed by atoms with Crippen molar-refractivity contribution in [2.75, 3.05) is 17.3 Å². The molecular weight excluding hydrogens is 488 g/mol. The van der Waals surface area contributed by atoms with Crippen molar-refractivity contribution in [1.82, 2.24) is 0 Å². The maximum absolute atomic E-state index is 14.5. The van der Waals surface area contributed by atoms with Crippen molar-refractivity contribution in [2.45, 2.75) is 24.4 Å². The summed E-state index contributed by atoms with van der Waals surface area (Å²) in [6, 6.07) is 25.2. The Morgan fingerprint density at radius 1 is 0.923 bits per heavy atom. The van der Waals surface area contributed by atoms with Gasteiger partial charge in [-0.2, -0.15) is 0 Å². The van der Waals surface area contributed by atoms with Crippen LogP contribution >= 0.6 is 0 Å². The average Bonchev–Trinajstić information content (AvgIpc) is 3.45. The van der Waals surface area contributed by atoms with Gasteiger partial charge in [0, 0.05) is 22.5 Å². The molecule has 0 aliphatic carbocycles. The number of ether oxygens (including phenoxy) is 1. The Kier molecular flexibility index (Phi) is 5.04. The van der Waals surface area contributed by atoms with Crippen molar-refractivity contribution < 1.29 is 19.1 Å². The number of benzene rings is 4.